The molecule has 11 nitrogen and oxygen atoms in total. The number of carbonyl (C=O) groups is 2. The molecule has 0 radical (unpaired) electrons. The van der Waals surface area contributed by atoms with E-state index in [1.807, 2.05) is 0 Å². The van der Waals surface area contributed by atoms with Crippen LogP contribution < -0.4 is 10.7 Å². The Kier molecular flexibility index (Phi) is 4.71. The molecule has 2 atom stereocenters. The Hall–Kier alpha value is -2.12. The van der Waals surface area contributed by atoms with Gasteiger partial charge in [0.05, 0.1) is 11.8 Å². The van der Waals surface area contributed by atoms with Gasteiger partial charge >= 0.3 is 16.0 Å². The molecule has 0 aliphatic carbocycles. The first-order valence-electron chi connectivity index (χ1n) is 7.61. The first-order chi connectivity index (χ1) is 12.1. The minimum Gasteiger partial charge on any atom is -0.328 e. The highest BCUT2D eigenvalue weighted by Crippen LogP contribution is 2.36. The van der Waals surface area contributed by atoms with Gasteiger partial charge in [0, 0.05) is 26.8 Å². The van der Waals surface area contributed by atoms with E-state index in [9.17, 15) is 22.8 Å². The molecule has 0 saturated carbocycles. The highest BCUT2D eigenvalue weighted by atomic mass is 32.2. The Morgan fingerprint density at radius 2 is 2.12 bits per heavy atom. The summed E-state index contributed by atoms with van der Waals surface area (Å²) in [4.78, 5) is 41.3. The summed E-state index contributed by atoms with van der Waals surface area (Å²) in [5.74, 6) is -1.20. The van der Waals surface area contributed by atoms with Crippen molar-refractivity contribution < 1.29 is 22.6 Å². The van der Waals surface area contributed by atoms with Crippen molar-refractivity contribution in [2.45, 2.75) is 23.5 Å². The minimum atomic E-state index is -4.60. The minimum absolute atomic E-state index is 0.0409. The van der Waals surface area contributed by atoms with E-state index in [1.165, 1.54) is 15.8 Å². The molecule has 1 N–H and O–H groups in total. The zero-order valence-electron chi connectivity index (χ0n) is 14.0. The lowest BCUT2D eigenvalue weighted by atomic mass is 10.0. The smallest absolute Gasteiger partial charge is 0.328 e. The number of fused-ring (bicyclic) bond motifs is 1. The number of β-lactam (4-membered cyclic amide) rings is 1. The van der Waals surface area contributed by atoms with E-state index in [0.29, 0.717) is 9.33 Å². The second kappa shape index (κ2) is 6.55. The quantitative estimate of drug-likeness (QED) is 0.260. The van der Waals surface area contributed by atoms with Crippen LogP contribution in [0.15, 0.2) is 22.1 Å². The van der Waals surface area contributed by atoms with Crippen molar-refractivity contribution in [2.24, 2.45) is 0 Å². The monoisotopic (exact) mass is 403 g/mol. The first kappa shape index (κ1) is 18.7. The number of aromatic nitrogens is 2. The van der Waals surface area contributed by atoms with E-state index >= 15 is 0 Å². The zero-order valence-corrected chi connectivity index (χ0v) is 15.6. The predicted octanol–water partition coefficient (Wildman–Crippen LogP) is -1.85. The third kappa shape index (κ3) is 3.17. The normalized spacial score (nSPS) is 22.2. The summed E-state index contributed by atoms with van der Waals surface area (Å²) in [6.07, 6.45) is 1.82. The van der Waals surface area contributed by atoms with E-state index in [4.69, 9.17) is 4.55 Å². The number of likely N-dealkylation sites (tertiary alicyclic amines) is 1. The molecule has 1 aromatic heterocycles. The molecule has 0 spiro atoms. The van der Waals surface area contributed by atoms with Crippen LogP contribution in [0.4, 0.5) is 0 Å². The van der Waals surface area contributed by atoms with Gasteiger partial charge in [0.15, 0.2) is 0 Å². The van der Waals surface area contributed by atoms with Crippen LogP contribution in [-0.4, -0.2) is 82.1 Å². The first-order valence-corrected chi connectivity index (χ1v) is 10.00. The molecular weight excluding hydrogens is 386 g/mol. The number of carbonyl (C=O) groups excluding carboxylic acids is 2. The summed E-state index contributed by atoms with van der Waals surface area (Å²) >= 11 is 1.06. The van der Waals surface area contributed by atoms with Crippen LogP contribution >= 0.6 is 11.8 Å². The van der Waals surface area contributed by atoms with Crippen molar-refractivity contribution in [3.8, 4) is 0 Å². The molecule has 2 saturated heterocycles. The molecule has 2 amide bonds. The van der Waals surface area contributed by atoms with E-state index in [0.717, 1.165) is 11.8 Å². The molecule has 0 unspecified atom stereocenters. The van der Waals surface area contributed by atoms with Gasteiger partial charge in [-0.3, -0.25) is 14.1 Å². The van der Waals surface area contributed by atoms with Crippen molar-refractivity contribution in [1.82, 2.24) is 18.9 Å². The van der Waals surface area contributed by atoms with Gasteiger partial charge in [0.2, 0.25) is 5.91 Å². The molecule has 13 heteroatoms. The number of amides is 2. The van der Waals surface area contributed by atoms with Crippen LogP contribution in [0.1, 0.15) is 6.42 Å². The fraction of sp³-hybridized carbons (Fsp3) is 0.538. The van der Waals surface area contributed by atoms with Crippen molar-refractivity contribution in [3.63, 3.8) is 0 Å². The maximum absolute atomic E-state index is 12.4. The van der Waals surface area contributed by atoms with Crippen molar-refractivity contribution in [2.75, 3.05) is 31.4 Å². The number of hydrogen-bond donors (Lipinski definition) is 1. The van der Waals surface area contributed by atoms with Gasteiger partial charge in [0.1, 0.15) is 11.1 Å². The molecule has 1 aromatic rings. The van der Waals surface area contributed by atoms with Crippen LogP contribution in [0, 0.1) is 0 Å². The molecule has 26 heavy (non-hydrogen) atoms. The Bertz CT molecular complexity index is 914. The molecule has 0 bridgehead atoms. The number of hydrogen-bond acceptors (Lipinski definition) is 8. The molecule has 142 valence electrons. The van der Waals surface area contributed by atoms with Crippen LogP contribution in [0.2, 0.25) is 0 Å². The van der Waals surface area contributed by atoms with Crippen molar-refractivity contribution >= 4 is 33.9 Å². The largest absolute Gasteiger partial charge is 0.367 e. The SMILES string of the molecule is CN(C)n1ccc(SCC(=O)N2CC[C@@H]3[C@H]2C(=O)N3S(=O)(=O)O)nc1=O. The molecule has 3 heterocycles. The number of thioether (sulfide) groups is 1. The fourth-order valence-corrected chi connectivity index (χ4v) is 4.72. The summed E-state index contributed by atoms with van der Waals surface area (Å²) in [5, 5.41) is 1.93. The lowest BCUT2D eigenvalue weighted by molar-refractivity contribution is -0.150. The van der Waals surface area contributed by atoms with Crippen molar-refractivity contribution in [1.29, 1.82) is 0 Å². The summed E-state index contributed by atoms with van der Waals surface area (Å²) < 4.78 is 33.1. The van der Waals surface area contributed by atoms with Crippen LogP contribution in [0.3, 0.4) is 0 Å². The second-order valence-electron chi connectivity index (χ2n) is 6.03. The van der Waals surface area contributed by atoms with Gasteiger partial charge in [-0.15, -0.1) is 0 Å². The van der Waals surface area contributed by atoms with Crippen LogP contribution in [0.25, 0.3) is 0 Å². The Labute approximate surface area is 153 Å². The van der Waals surface area contributed by atoms with E-state index in [1.54, 1.807) is 25.2 Å². The topological polar surface area (TPSA) is 133 Å². The third-order valence-electron chi connectivity index (χ3n) is 4.24. The molecule has 2 fully saturated rings. The van der Waals surface area contributed by atoms with E-state index < -0.39 is 34.0 Å². The highest BCUT2D eigenvalue weighted by molar-refractivity contribution is 7.99. The molecular formula is C13H17N5O6S2. The lowest BCUT2D eigenvalue weighted by Gasteiger charge is -2.42. The predicted molar refractivity (Wildman–Crippen MR) is 91.6 cm³/mol. The maximum atomic E-state index is 12.4. The summed E-state index contributed by atoms with van der Waals surface area (Å²) in [6, 6.07) is 0.0223. The number of rotatable bonds is 5. The van der Waals surface area contributed by atoms with E-state index in [-0.39, 0.29) is 24.6 Å². The van der Waals surface area contributed by atoms with Gasteiger partial charge in [-0.25, -0.2) is 13.8 Å². The second-order valence-corrected chi connectivity index (χ2v) is 8.31. The van der Waals surface area contributed by atoms with Crippen molar-refractivity contribution in [3.05, 3.63) is 22.7 Å². The Morgan fingerprint density at radius 3 is 2.69 bits per heavy atom. The van der Waals surface area contributed by atoms with E-state index in [2.05, 4.69) is 4.98 Å². The summed E-state index contributed by atoms with van der Waals surface area (Å²) in [6.45, 7) is 0.224. The Morgan fingerprint density at radius 1 is 1.42 bits per heavy atom. The highest BCUT2D eigenvalue weighted by Gasteiger charge is 2.59. The van der Waals surface area contributed by atoms with Gasteiger partial charge in [-0.1, -0.05) is 11.8 Å². The van der Waals surface area contributed by atoms with Crippen LogP contribution in [0.5, 0.6) is 0 Å². The van der Waals surface area contributed by atoms with Gasteiger partial charge in [-0.05, 0) is 12.5 Å². The van der Waals surface area contributed by atoms with Crippen LogP contribution in [-0.2, 0) is 19.9 Å². The average molecular weight is 403 g/mol. The van der Waals surface area contributed by atoms with Gasteiger partial charge < -0.3 is 9.91 Å². The maximum Gasteiger partial charge on any atom is 0.367 e. The third-order valence-corrected chi connectivity index (χ3v) is 6.10. The fourth-order valence-electron chi connectivity index (χ4n) is 3.08. The van der Waals surface area contributed by atoms with Gasteiger partial charge in [-0.2, -0.15) is 13.4 Å². The lowest BCUT2D eigenvalue weighted by Crippen LogP contribution is -2.68. The summed E-state index contributed by atoms with van der Waals surface area (Å²) in [5.41, 5.74) is -0.480. The molecule has 0 aromatic carbocycles. The molecule has 3 rings (SSSR count). The standard InChI is InChI=1S/C13H17N5O6S2/c1-15(2)17-6-4-9(14-13(17)21)25-7-10(19)16-5-3-8-11(16)12(20)18(8)26(22,23)24/h4,6,8,11H,3,5,7H2,1-2H3,(H,22,23,24)/t8-,11+/m1/s1. The number of nitrogens with zero attached hydrogens (tertiary/aromatic N) is 5. The summed E-state index contributed by atoms with van der Waals surface area (Å²) in [7, 11) is -1.22. The average Bonchev–Trinajstić information content (AvgIpc) is 2.89. The Balaban J connectivity index is 1.63. The zero-order chi connectivity index (χ0) is 19.2. The van der Waals surface area contributed by atoms with Gasteiger partial charge in [0.25, 0.3) is 5.91 Å². The molecule has 2 aliphatic heterocycles. The molecule has 2 aliphatic rings.